The molecule has 104 valence electrons. The van der Waals surface area contributed by atoms with Crippen LogP contribution < -0.4 is 4.72 Å². The zero-order valence-corrected chi connectivity index (χ0v) is 11.3. The Bertz CT molecular complexity index is 419. The molecule has 7 heteroatoms. The monoisotopic (exact) mass is 276 g/mol. The normalized spacial score (nSPS) is 30.3. The summed E-state index contributed by atoms with van der Waals surface area (Å²) in [7, 11) is -3.64. The fraction of sp³-hybridized carbons (Fsp3) is 0.909. The van der Waals surface area contributed by atoms with Gasteiger partial charge in [0, 0.05) is 12.6 Å². The van der Waals surface area contributed by atoms with Crippen molar-refractivity contribution in [3.05, 3.63) is 0 Å². The highest BCUT2D eigenvalue weighted by molar-refractivity contribution is 7.87. The standard InChI is InChI=1S/C11H20N2O4S/c1-2-8-5-6-13(10(7-8)11(14)15)18(16,17)12-9-3-4-9/h8-10,12H,2-7H2,1H3,(H,14,15). The SMILES string of the molecule is CCC1CCN(S(=O)(=O)NC2CC2)C(C(=O)O)C1. The Balaban J connectivity index is 2.11. The molecule has 2 rings (SSSR count). The summed E-state index contributed by atoms with van der Waals surface area (Å²) in [5, 5.41) is 9.20. The number of carboxylic acid groups (broad SMARTS) is 1. The van der Waals surface area contributed by atoms with E-state index in [2.05, 4.69) is 4.72 Å². The van der Waals surface area contributed by atoms with Crippen molar-refractivity contribution in [3.8, 4) is 0 Å². The number of nitrogens with zero attached hydrogens (tertiary/aromatic N) is 1. The molecule has 18 heavy (non-hydrogen) atoms. The van der Waals surface area contributed by atoms with E-state index in [1.165, 1.54) is 0 Å². The fourth-order valence-corrected chi connectivity index (χ4v) is 4.03. The first-order valence-corrected chi connectivity index (χ1v) is 7.90. The Labute approximate surface area is 108 Å². The van der Waals surface area contributed by atoms with Gasteiger partial charge in [-0.05, 0) is 31.6 Å². The lowest BCUT2D eigenvalue weighted by Gasteiger charge is -2.35. The van der Waals surface area contributed by atoms with Crippen molar-refractivity contribution in [1.29, 1.82) is 0 Å². The molecule has 1 aliphatic carbocycles. The number of hydrogen-bond acceptors (Lipinski definition) is 3. The van der Waals surface area contributed by atoms with Crippen LogP contribution in [0.3, 0.4) is 0 Å². The molecule has 1 saturated carbocycles. The maximum atomic E-state index is 12.1. The van der Waals surface area contributed by atoms with Gasteiger partial charge in [-0.15, -0.1) is 0 Å². The first-order chi connectivity index (χ1) is 8.44. The topological polar surface area (TPSA) is 86.7 Å². The zero-order valence-electron chi connectivity index (χ0n) is 10.5. The average Bonchev–Trinajstić information content (AvgIpc) is 3.11. The van der Waals surface area contributed by atoms with Gasteiger partial charge in [-0.3, -0.25) is 4.79 Å². The zero-order chi connectivity index (χ0) is 13.3. The van der Waals surface area contributed by atoms with Crippen LogP contribution in [0.4, 0.5) is 0 Å². The van der Waals surface area contributed by atoms with E-state index >= 15 is 0 Å². The number of aliphatic carboxylic acids is 1. The van der Waals surface area contributed by atoms with E-state index < -0.39 is 22.2 Å². The predicted octanol–water partition coefficient (Wildman–Crippen LogP) is 0.558. The second kappa shape index (κ2) is 5.14. The third kappa shape index (κ3) is 3.02. The van der Waals surface area contributed by atoms with Crippen LogP contribution in [0.5, 0.6) is 0 Å². The summed E-state index contributed by atoms with van der Waals surface area (Å²) in [5.74, 6) is -0.743. The Morgan fingerprint density at radius 1 is 1.39 bits per heavy atom. The van der Waals surface area contributed by atoms with E-state index in [4.69, 9.17) is 0 Å². The predicted molar refractivity (Wildman–Crippen MR) is 66.2 cm³/mol. The van der Waals surface area contributed by atoms with Gasteiger partial charge in [-0.2, -0.15) is 17.4 Å². The molecule has 6 nitrogen and oxygen atoms in total. The van der Waals surface area contributed by atoms with Crippen LogP contribution in [0.25, 0.3) is 0 Å². The maximum absolute atomic E-state index is 12.1. The van der Waals surface area contributed by atoms with Crippen LogP contribution in [0.1, 0.15) is 39.0 Å². The minimum absolute atomic E-state index is 0.00773. The van der Waals surface area contributed by atoms with Gasteiger partial charge < -0.3 is 5.11 Å². The summed E-state index contributed by atoms with van der Waals surface area (Å²) in [5.41, 5.74) is 0. The van der Waals surface area contributed by atoms with Gasteiger partial charge in [0.15, 0.2) is 0 Å². The van der Waals surface area contributed by atoms with Gasteiger partial charge in [0.25, 0.3) is 10.2 Å². The van der Waals surface area contributed by atoms with E-state index in [-0.39, 0.29) is 6.04 Å². The fourth-order valence-electron chi connectivity index (χ4n) is 2.38. The Morgan fingerprint density at radius 3 is 2.56 bits per heavy atom. The van der Waals surface area contributed by atoms with E-state index in [9.17, 15) is 18.3 Å². The molecule has 2 fully saturated rings. The number of nitrogens with one attached hydrogen (secondary N) is 1. The van der Waals surface area contributed by atoms with Crippen LogP contribution in [0, 0.1) is 5.92 Å². The van der Waals surface area contributed by atoms with Crippen LogP contribution in [0.2, 0.25) is 0 Å². The summed E-state index contributed by atoms with van der Waals surface area (Å²) < 4.78 is 27.9. The van der Waals surface area contributed by atoms with Gasteiger partial charge in [-0.25, -0.2) is 0 Å². The molecule has 1 saturated heterocycles. The Kier molecular flexibility index (Phi) is 3.93. The molecule has 0 aromatic rings. The summed E-state index contributed by atoms with van der Waals surface area (Å²) in [6.07, 6.45) is 3.75. The van der Waals surface area contributed by atoms with Crippen LogP contribution in [0.15, 0.2) is 0 Å². The molecule has 1 aliphatic heterocycles. The van der Waals surface area contributed by atoms with Crippen LogP contribution in [-0.4, -0.2) is 42.4 Å². The van der Waals surface area contributed by atoms with E-state index in [1.807, 2.05) is 6.92 Å². The number of rotatable bonds is 5. The van der Waals surface area contributed by atoms with Gasteiger partial charge >= 0.3 is 5.97 Å². The molecule has 0 aromatic carbocycles. The Morgan fingerprint density at radius 2 is 2.06 bits per heavy atom. The maximum Gasteiger partial charge on any atom is 0.322 e. The van der Waals surface area contributed by atoms with Crippen molar-refractivity contribution < 1.29 is 18.3 Å². The van der Waals surface area contributed by atoms with Crippen LogP contribution in [-0.2, 0) is 15.0 Å². The summed E-state index contributed by atoms with van der Waals surface area (Å²) in [6, 6.07) is -0.909. The molecular weight excluding hydrogens is 256 g/mol. The number of carbonyl (C=O) groups is 1. The molecule has 0 spiro atoms. The molecule has 0 radical (unpaired) electrons. The largest absolute Gasteiger partial charge is 0.480 e. The summed E-state index contributed by atoms with van der Waals surface area (Å²) >= 11 is 0. The van der Waals surface area contributed by atoms with Crippen molar-refractivity contribution in [2.24, 2.45) is 5.92 Å². The molecule has 2 atom stereocenters. The highest BCUT2D eigenvalue weighted by Gasteiger charge is 2.41. The Hall–Kier alpha value is -0.660. The lowest BCUT2D eigenvalue weighted by atomic mass is 9.90. The first kappa shape index (κ1) is 13.8. The van der Waals surface area contributed by atoms with Gasteiger partial charge in [0.05, 0.1) is 0 Å². The molecule has 2 aliphatic rings. The van der Waals surface area contributed by atoms with E-state index in [0.717, 1.165) is 30.0 Å². The minimum Gasteiger partial charge on any atom is -0.480 e. The third-order valence-corrected chi connectivity index (χ3v) is 5.41. The van der Waals surface area contributed by atoms with Crippen molar-refractivity contribution >= 4 is 16.2 Å². The van der Waals surface area contributed by atoms with Gasteiger partial charge in [-0.1, -0.05) is 13.3 Å². The first-order valence-electron chi connectivity index (χ1n) is 6.46. The third-order valence-electron chi connectivity index (χ3n) is 3.73. The summed E-state index contributed by atoms with van der Waals surface area (Å²) in [4.78, 5) is 11.2. The molecule has 0 amide bonds. The van der Waals surface area contributed by atoms with Crippen LogP contribution >= 0.6 is 0 Å². The smallest absolute Gasteiger partial charge is 0.322 e. The number of piperidine rings is 1. The molecule has 0 bridgehead atoms. The highest BCUT2D eigenvalue weighted by Crippen LogP contribution is 2.28. The van der Waals surface area contributed by atoms with E-state index in [0.29, 0.717) is 18.9 Å². The number of hydrogen-bond donors (Lipinski definition) is 2. The number of carboxylic acids is 1. The summed E-state index contributed by atoms with van der Waals surface area (Å²) in [6.45, 7) is 2.31. The quantitative estimate of drug-likeness (QED) is 0.768. The highest BCUT2D eigenvalue weighted by atomic mass is 32.2. The molecule has 2 unspecified atom stereocenters. The second-order valence-electron chi connectivity index (χ2n) is 5.16. The molecule has 0 aromatic heterocycles. The second-order valence-corrected chi connectivity index (χ2v) is 6.82. The van der Waals surface area contributed by atoms with Crippen molar-refractivity contribution in [2.45, 2.75) is 51.1 Å². The molecule has 2 N–H and O–H groups in total. The lowest BCUT2D eigenvalue weighted by Crippen LogP contribution is -2.54. The minimum atomic E-state index is -3.64. The molecule has 1 heterocycles. The van der Waals surface area contributed by atoms with Crippen molar-refractivity contribution in [2.75, 3.05) is 6.54 Å². The van der Waals surface area contributed by atoms with E-state index in [1.54, 1.807) is 0 Å². The van der Waals surface area contributed by atoms with Gasteiger partial charge in [0.2, 0.25) is 0 Å². The lowest BCUT2D eigenvalue weighted by molar-refractivity contribution is -0.143. The average molecular weight is 276 g/mol. The van der Waals surface area contributed by atoms with Crippen molar-refractivity contribution in [3.63, 3.8) is 0 Å². The molecular formula is C11H20N2O4S. The van der Waals surface area contributed by atoms with Gasteiger partial charge in [0.1, 0.15) is 6.04 Å². The van der Waals surface area contributed by atoms with Crippen molar-refractivity contribution in [1.82, 2.24) is 9.03 Å².